The Morgan fingerprint density at radius 1 is 1.33 bits per heavy atom. The third kappa shape index (κ3) is 0.757. The maximum Gasteiger partial charge on any atom is 0.233 e. The third-order valence-corrected chi connectivity index (χ3v) is 4.89. The van der Waals surface area contributed by atoms with Crippen molar-refractivity contribution in [3.63, 3.8) is 0 Å². The van der Waals surface area contributed by atoms with E-state index in [1.54, 1.807) is 7.05 Å². The van der Waals surface area contributed by atoms with E-state index in [0.717, 1.165) is 0 Å². The number of imide groups is 1. The largest absolute Gasteiger partial charge is 0.285 e. The molecule has 2 fully saturated rings. The van der Waals surface area contributed by atoms with Crippen LogP contribution in [0.15, 0.2) is 12.2 Å². The predicted octanol–water partition coefficient (Wildman–Crippen LogP) is 1.06. The van der Waals surface area contributed by atoms with Crippen LogP contribution in [0.2, 0.25) is 0 Å². The molecule has 5 unspecified atom stereocenters. The van der Waals surface area contributed by atoms with Crippen LogP contribution in [0.5, 0.6) is 0 Å². The highest BCUT2D eigenvalue weighted by atomic mass is 16.2. The van der Waals surface area contributed by atoms with E-state index in [9.17, 15) is 9.59 Å². The van der Waals surface area contributed by atoms with Gasteiger partial charge in [0.05, 0.1) is 11.8 Å². The average Bonchev–Trinajstić information content (AvgIpc) is 2.70. The van der Waals surface area contributed by atoms with E-state index in [4.69, 9.17) is 0 Å². The van der Waals surface area contributed by atoms with E-state index >= 15 is 0 Å². The minimum absolute atomic E-state index is 0.0196. The highest BCUT2D eigenvalue weighted by molar-refractivity contribution is 6.06. The predicted molar refractivity (Wildman–Crippen MR) is 54.7 cm³/mol. The van der Waals surface area contributed by atoms with E-state index in [2.05, 4.69) is 26.0 Å². The van der Waals surface area contributed by atoms with Gasteiger partial charge in [0.2, 0.25) is 11.8 Å². The molecule has 80 valence electrons. The Bertz CT molecular complexity index is 400. The summed E-state index contributed by atoms with van der Waals surface area (Å²) in [5, 5.41) is 0. The van der Waals surface area contributed by atoms with E-state index in [0.29, 0.717) is 5.92 Å². The average molecular weight is 205 g/mol. The molecule has 3 rings (SSSR count). The monoisotopic (exact) mass is 205 g/mol. The molecular formula is C12H15NO2. The van der Waals surface area contributed by atoms with Crippen LogP contribution in [0.1, 0.15) is 13.8 Å². The molecule has 2 aliphatic carbocycles. The molecule has 15 heavy (non-hydrogen) atoms. The van der Waals surface area contributed by atoms with Crippen LogP contribution in [-0.4, -0.2) is 23.8 Å². The second-order valence-electron chi connectivity index (χ2n) is 5.33. The number of hydrogen-bond donors (Lipinski definition) is 0. The lowest BCUT2D eigenvalue weighted by Crippen LogP contribution is -2.34. The Labute approximate surface area is 89.1 Å². The van der Waals surface area contributed by atoms with Crippen molar-refractivity contribution in [1.82, 2.24) is 4.90 Å². The first-order chi connectivity index (χ1) is 6.98. The molecule has 3 aliphatic rings. The summed E-state index contributed by atoms with van der Waals surface area (Å²) >= 11 is 0. The van der Waals surface area contributed by atoms with Gasteiger partial charge < -0.3 is 0 Å². The highest BCUT2D eigenvalue weighted by Crippen LogP contribution is 2.62. The fraction of sp³-hybridized carbons (Fsp3) is 0.667. The van der Waals surface area contributed by atoms with E-state index < -0.39 is 0 Å². The van der Waals surface area contributed by atoms with Crippen molar-refractivity contribution in [3.8, 4) is 0 Å². The molecule has 0 aromatic carbocycles. The first kappa shape index (κ1) is 9.13. The van der Waals surface area contributed by atoms with Crippen LogP contribution in [0, 0.1) is 29.1 Å². The molecule has 2 bridgehead atoms. The Morgan fingerprint density at radius 3 is 2.60 bits per heavy atom. The second kappa shape index (κ2) is 2.34. The van der Waals surface area contributed by atoms with Gasteiger partial charge in [-0.2, -0.15) is 0 Å². The van der Waals surface area contributed by atoms with Gasteiger partial charge in [0.15, 0.2) is 0 Å². The molecule has 3 heteroatoms. The molecular weight excluding hydrogens is 190 g/mol. The van der Waals surface area contributed by atoms with Crippen molar-refractivity contribution in [2.75, 3.05) is 7.05 Å². The van der Waals surface area contributed by atoms with Crippen LogP contribution >= 0.6 is 0 Å². The molecule has 1 saturated carbocycles. The molecule has 5 atom stereocenters. The maximum absolute atomic E-state index is 12.0. The van der Waals surface area contributed by atoms with Crippen molar-refractivity contribution >= 4 is 11.8 Å². The molecule has 1 heterocycles. The maximum atomic E-state index is 12.0. The first-order valence-electron chi connectivity index (χ1n) is 5.49. The number of amides is 2. The fourth-order valence-corrected chi connectivity index (χ4v) is 3.75. The second-order valence-corrected chi connectivity index (χ2v) is 5.33. The summed E-state index contributed by atoms with van der Waals surface area (Å²) in [4.78, 5) is 25.3. The van der Waals surface area contributed by atoms with Crippen molar-refractivity contribution in [2.45, 2.75) is 13.8 Å². The smallest absolute Gasteiger partial charge is 0.233 e. The Morgan fingerprint density at radius 2 is 2.00 bits per heavy atom. The zero-order valence-corrected chi connectivity index (χ0v) is 9.23. The summed E-state index contributed by atoms with van der Waals surface area (Å²) in [5.41, 5.74) is -0.0904. The summed E-state index contributed by atoms with van der Waals surface area (Å²) in [6, 6.07) is 0. The number of carbonyl (C=O) groups is 2. The van der Waals surface area contributed by atoms with Crippen LogP contribution in [0.3, 0.4) is 0 Å². The number of fused-ring (bicyclic) bond motifs is 5. The van der Waals surface area contributed by atoms with Crippen molar-refractivity contribution in [3.05, 3.63) is 12.2 Å². The van der Waals surface area contributed by atoms with E-state index in [1.165, 1.54) is 4.90 Å². The summed E-state index contributed by atoms with van der Waals surface area (Å²) in [5.74, 6) is 0.573. The Kier molecular flexibility index (Phi) is 1.42. The van der Waals surface area contributed by atoms with Crippen LogP contribution in [0.25, 0.3) is 0 Å². The molecule has 1 saturated heterocycles. The van der Waals surface area contributed by atoms with Gasteiger partial charge in [0, 0.05) is 12.5 Å². The molecule has 0 N–H and O–H groups in total. The Hall–Kier alpha value is -1.12. The summed E-state index contributed by atoms with van der Waals surface area (Å²) in [6.45, 7) is 4.27. The lowest BCUT2D eigenvalue weighted by molar-refractivity contribution is -0.139. The van der Waals surface area contributed by atoms with Gasteiger partial charge in [-0.15, -0.1) is 0 Å². The number of carbonyl (C=O) groups excluding carboxylic acids is 2. The Balaban J connectivity index is 2.15. The number of nitrogens with zero attached hydrogens (tertiary/aromatic N) is 1. The standard InChI is InChI=1S/C12H15NO2/c1-6-7-4-5-12(6,2)9-8(7)10(14)13(3)11(9)15/h4-9H,1-3H3. The normalized spacial score (nSPS) is 51.8. The van der Waals surface area contributed by atoms with Gasteiger partial charge in [-0.05, 0) is 11.8 Å². The SMILES string of the molecule is CC1C2C=CC1(C)C1C(=O)N(C)C(=O)C21. The van der Waals surface area contributed by atoms with Crippen LogP contribution in [-0.2, 0) is 9.59 Å². The van der Waals surface area contributed by atoms with Gasteiger partial charge in [0.25, 0.3) is 0 Å². The van der Waals surface area contributed by atoms with Gasteiger partial charge in [0.1, 0.15) is 0 Å². The fourth-order valence-electron chi connectivity index (χ4n) is 3.75. The van der Waals surface area contributed by atoms with Gasteiger partial charge in [-0.1, -0.05) is 26.0 Å². The lowest BCUT2D eigenvalue weighted by atomic mass is 9.74. The molecule has 0 radical (unpaired) electrons. The van der Waals surface area contributed by atoms with Crippen LogP contribution in [0.4, 0.5) is 0 Å². The van der Waals surface area contributed by atoms with Crippen molar-refractivity contribution < 1.29 is 9.59 Å². The molecule has 0 spiro atoms. The van der Waals surface area contributed by atoms with Gasteiger partial charge in [-0.25, -0.2) is 0 Å². The first-order valence-corrected chi connectivity index (χ1v) is 5.49. The number of rotatable bonds is 0. The van der Waals surface area contributed by atoms with Gasteiger partial charge in [-0.3, -0.25) is 14.5 Å². The quantitative estimate of drug-likeness (QED) is 0.438. The minimum atomic E-state index is -0.0972. The summed E-state index contributed by atoms with van der Waals surface area (Å²) < 4.78 is 0. The zero-order chi connectivity index (χ0) is 11.0. The zero-order valence-electron chi connectivity index (χ0n) is 9.23. The van der Waals surface area contributed by atoms with Crippen LogP contribution < -0.4 is 0 Å². The molecule has 0 aromatic heterocycles. The third-order valence-electron chi connectivity index (χ3n) is 4.89. The molecule has 3 nitrogen and oxygen atoms in total. The topological polar surface area (TPSA) is 37.4 Å². The minimum Gasteiger partial charge on any atom is -0.285 e. The summed E-state index contributed by atoms with van der Waals surface area (Å²) in [6.07, 6.45) is 4.28. The molecule has 2 amide bonds. The van der Waals surface area contributed by atoms with E-state index in [-0.39, 0.29) is 35.0 Å². The van der Waals surface area contributed by atoms with Crippen molar-refractivity contribution in [1.29, 1.82) is 0 Å². The van der Waals surface area contributed by atoms with Crippen molar-refractivity contribution in [2.24, 2.45) is 29.1 Å². The van der Waals surface area contributed by atoms with Gasteiger partial charge >= 0.3 is 0 Å². The summed E-state index contributed by atoms with van der Waals surface area (Å²) in [7, 11) is 1.61. The lowest BCUT2D eigenvalue weighted by Gasteiger charge is -2.28. The number of hydrogen-bond acceptors (Lipinski definition) is 2. The molecule has 1 aliphatic heterocycles. The number of likely N-dealkylation sites (tertiary alicyclic amines) is 1. The van der Waals surface area contributed by atoms with E-state index in [1.807, 2.05) is 0 Å². The highest BCUT2D eigenvalue weighted by Gasteiger charge is 2.66. The molecule has 0 aromatic rings. The number of allylic oxidation sites excluding steroid dienone is 2.